The zero-order chi connectivity index (χ0) is 14.8. The molecule has 0 amide bonds. The van der Waals surface area contributed by atoms with E-state index in [-0.39, 0.29) is 5.89 Å². The first-order valence-corrected chi connectivity index (χ1v) is 6.87. The van der Waals surface area contributed by atoms with Gasteiger partial charge in [-0.15, -0.1) is 10.2 Å². The van der Waals surface area contributed by atoms with Gasteiger partial charge in [0.25, 0.3) is 11.8 Å². The number of aromatic nitrogens is 2. The molecule has 6 heteroatoms. The second-order valence-corrected chi connectivity index (χ2v) is 5.02. The molecule has 0 aliphatic carbocycles. The molecule has 4 nitrogen and oxygen atoms in total. The van der Waals surface area contributed by atoms with Gasteiger partial charge in [0.1, 0.15) is 5.75 Å². The number of halogens is 2. The Kier molecular flexibility index (Phi) is 3.82. The highest BCUT2D eigenvalue weighted by Crippen LogP contribution is 2.36. The van der Waals surface area contributed by atoms with Crippen LogP contribution in [0.3, 0.4) is 0 Å². The van der Waals surface area contributed by atoms with Gasteiger partial charge in [0.15, 0.2) is 0 Å². The third-order valence-corrected chi connectivity index (χ3v) is 3.57. The molecule has 0 saturated carbocycles. The molecule has 0 bridgehead atoms. The summed E-state index contributed by atoms with van der Waals surface area (Å²) in [6, 6.07) is 12.6. The van der Waals surface area contributed by atoms with Crippen LogP contribution in [0.2, 0.25) is 10.0 Å². The van der Waals surface area contributed by atoms with Crippen molar-refractivity contribution in [2.24, 2.45) is 0 Å². The summed E-state index contributed by atoms with van der Waals surface area (Å²) in [4.78, 5) is 0. The maximum absolute atomic E-state index is 6.14. The Bertz CT molecular complexity index is 767. The number of rotatable bonds is 3. The van der Waals surface area contributed by atoms with Crippen LogP contribution in [0.4, 0.5) is 0 Å². The van der Waals surface area contributed by atoms with Gasteiger partial charge in [-0.25, -0.2) is 0 Å². The number of methoxy groups -OCH3 is 1. The predicted molar refractivity (Wildman–Crippen MR) is 81.7 cm³/mol. The third kappa shape index (κ3) is 2.60. The zero-order valence-corrected chi connectivity index (χ0v) is 12.5. The van der Waals surface area contributed by atoms with Crippen molar-refractivity contribution in [2.45, 2.75) is 0 Å². The van der Waals surface area contributed by atoms with Crippen molar-refractivity contribution in [3.05, 3.63) is 52.5 Å². The van der Waals surface area contributed by atoms with Gasteiger partial charge in [-0.2, -0.15) is 0 Å². The molecule has 1 aromatic heterocycles. The van der Waals surface area contributed by atoms with E-state index in [1.54, 1.807) is 25.3 Å². The fourth-order valence-electron chi connectivity index (χ4n) is 1.96. The Morgan fingerprint density at radius 3 is 2.29 bits per heavy atom. The van der Waals surface area contributed by atoms with Gasteiger partial charge in [0.05, 0.1) is 28.3 Å². The number of ether oxygens (including phenoxy) is 1. The van der Waals surface area contributed by atoms with Crippen LogP contribution in [-0.2, 0) is 0 Å². The van der Waals surface area contributed by atoms with E-state index >= 15 is 0 Å². The zero-order valence-electron chi connectivity index (χ0n) is 11.0. The van der Waals surface area contributed by atoms with Gasteiger partial charge in [0.2, 0.25) is 0 Å². The minimum atomic E-state index is 0.270. The highest BCUT2D eigenvalue weighted by molar-refractivity contribution is 6.38. The molecule has 0 radical (unpaired) electrons. The summed E-state index contributed by atoms with van der Waals surface area (Å²) in [5.74, 6) is 1.27. The van der Waals surface area contributed by atoms with Crippen LogP contribution in [0, 0.1) is 0 Å². The van der Waals surface area contributed by atoms with Gasteiger partial charge in [-0.1, -0.05) is 41.4 Å². The number of hydrogen-bond acceptors (Lipinski definition) is 4. The molecule has 0 spiro atoms. The minimum absolute atomic E-state index is 0.270. The fraction of sp³-hybridized carbons (Fsp3) is 0.0667. The highest BCUT2D eigenvalue weighted by Gasteiger charge is 2.18. The average Bonchev–Trinajstić information content (AvgIpc) is 2.96. The number of hydrogen-bond donors (Lipinski definition) is 0. The van der Waals surface area contributed by atoms with Gasteiger partial charge >= 0.3 is 0 Å². The molecule has 0 unspecified atom stereocenters. The molecule has 2 aromatic carbocycles. The van der Waals surface area contributed by atoms with E-state index in [0.29, 0.717) is 32.8 Å². The maximum Gasteiger partial charge on any atom is 0.251 e. The molecule has 0 fully saturated rings. The standard InChI is InChI=1S/C15H10Cl2N2O2/c1-20-12-8-3-2-5-9(12)14-18-19-15(21-14)13-10(16)6-4-7-11(13)17/h2-8H,1H3. The highest BCUT2D eigenvalue weighted by atomic mass is 35.5. The van der Waals surface area contributed by atoms with Crippen molar-refractivity contribution in [2.75, 3.05) is 7.11 Å². The van der Waals surface area contributed by atoms with Crippen molar-refractivity contribution in [1.29, 1.82) is 0 Å². The lowest BCUT2D eigenvalue weighted by atomic mass is 10.2. The average molecular weight is 321 g/mol. The third-order valence-electron chi connectivity index (χ3n) is 2.94. The van der Waals surface area contributed by atoms with Gasteiger partial charge in [-0.3, -0.25) is 0 Å². The molecule has 0 saturated heterocycles. The Labute approximate surface area is 131 Å². The summed E-state index contributed by atoms with van der Waals surface area (Å²) in [6.07, 6.45) is 0. The summed E-state index contributed by atoms with van der Waals surface area (Å²) in [7, 11) is 1.58. The van der Waals surface area contributed by atoms with E-state index in [4.69, 9.17) is 32.4 Å². The van der Waals surface area contributed by atoms with E-state index in [2.05, 4.69) is 10.2 Å². The molecule has 0 aliphatic rings. The van der Waals surface area contributed by atoms with Crippen molar-refractivity contribution in [1.82, 2.24) is 10.2 Å². The molecule has 0 aliphatic heterocycles. The Balaban J connectivity index is 2.09. The first-order chi connectivity index (χ1) is 10.2. The van der Waals surface area contributed by atoms with Crippen LogP contribution in [0.5, 0.6) is 5.75 Å². The SMILES string of the molecule is COc1ccccc1-c1nnc(-c2c(Cl)cccc2Cl)o1. The normalized spacial score (nSPS) is 10.6. The topological polar surface area (TPSA) is 48.2 Å². The monoisotopic (exact) mass is 320 g/mol. The molecule has 3 rings (SSSR count). The Hall–Kier alpha value is -2.04. The van der Waals surface area contributed by atoms with E-state index in [9.17, 15) is 0 Å². The largest absolute Gasteiger partial charge is 0.496 e. The van der Waals surface area contributed by atoms with Crippen molar-refractivity contribution in [3.8, 4) is 28.7 Å². The van der Waals surface area contributed by atoms with E-state index in [0.717, 1.165) is 0 Å². The number of para-hydroxylation sites is 1. The van der Waals surface area contributed by atoms with Gasteiger partial charge < -0.3 is 9.15 Å². The summed E-state index contributed by atoms with van der Waals surface area (Å²) in [5.41, 5.74) is 1.23. The fourth-order valence-corrected chi connectivity index (χ4v) is 2.52. The molecule has 106 valence electrons. The van der Waals surface area contributed by atoms with E-state index in [1.165, 1.54) is 0 Å². The quantitative estimate of drug-likeness (QED) is 0.700. The lowest BCUT2D eigenvalue weighted by Gasteiger charge is -2.04. The predicted octanol–water partition coefficient (Wildman–Crippen LogP) is 4.72. The summed E-state index contributed by atoms with van der Waals surface area (Å²) in [5, 5.41) is 8.97. The molecular weight excluding hydrogens is 311 g/mol. The minimum Gasteiger partial charge on any atom is -0.496 e. The van der Waals surface area contributed by atoms with Crippen LogP contribution in [0.25, 0.3) is 22.9 Å². The van der Waals surface area contributed by atoms with Crippen LogP contribution in [0.1, 0.15) is 0 Å². The van der Waals surface area contributed by atoms with Crippen molar-refractivity contribution in [3.63, 3.8) is 0 Å². The van der Waals surface area contributed by atoms with Gasteiger partial charge in [0, 0.05) is 0 Å². The van der Waals surface area contributed by atoms with E-state index < -0.39 is 0 Å². The summed E-state index contributed by atoms with van der Waals surface area (Å²) < 4.78 is 11.0. The van der Waals surface area contributed by atoms with Crippen LogP contribution in [-0.4, -0.2) is 17.3 Å². The summed E-state index contributed by atoms with van der Waals surface area (Å²) >= 11 is 12.3. The lowest BCUT2D eigenvalue weighted by Crippen LogP contribution is -1.87. The molecule has 21 heavy (non-hydrogen) atoms. The Morgan fingerprint density at radius 1 is 0.905 bits per heavy atom. The number of nitrogens with zero attached hydrogens (tertiary/aromatic N) is 2. The smallest absolute Gasteiger partial charge is 0.251 e. The second kappa shape index (κ2) is 5.76. The van der Waals surface area contributed by atoms with Crippen LogP contribution >= 0.6 is 23.2 Å². The molecule has 3 aromatic rings. The van der Waals surface area contributed by atoms with Crippen LogP contribution in [0.15, 0.2) is 46.9 Å². The first-order valence-electron chi connectivity index (χ1n) is 6.12. The Morgan fingerprint density at radius 2 is 1.57 bits per heavy atom. The lowest BCUT2D eigenvalue weighted by molar-refractivity contribution is 0.414. The first kappa shape index (κ1) is 13.9. The van der Waals surface area contributed by atoms with Crippen LogP contribution < -0.4 is 4.74 Å². The van der Waals surface area contributed by atoms with Crippen molar-refractivity contribution >= 4 is 23.2 Å². The van der Waals surface area contributed by atoms with Gasteiger partial charge in [-0.05, 0) is 24.3 Å². The van der Waals surface area contributed by atoms with Crippen molar-refractivity contribution < 1.29 is 9.15 Å². The molecular formula is C15H10Cl2N2O2. The summed E-state index contributed by atoms with van der Waals surface area (Å²) in [6.45, 7) is 0. The second-order valence-electron chi connectivity index (χ2n) is 4.21. The molecule has 0 N–H and O–H groups in total. The van der Waals surface area contributed by atoms with E-state index in [1.807, 2.05) is 24.3 Å². The molecule has 1 heterocycles. The number of benzene rings is 2. The molecule has 0 atom stereocenters. The maximum atomic E-state index is 6.14.